The molecule has 0 saturated carbocycles. The molecule has 0 radical (unpaired) electrons. The molecule has 1 saturated heterocycles. The molecule has 7 nitrogen and oxygen atoms in total. The van der Waals surface area contributed by atoms with Crippen molar-refractivity contribution < 1.29 is 8.42 Å². The number of hydrogen-bond acceptors (Lipinski definition) is 6. The second-order valence-electron chi connectivity index (χ2n) is 5.46. The van der Waals surface area contributed by atoms with E-state index in [1.54, 1.807) is 12.1 Å². The predicted octanol–water partition coefficient (Wildman–Crippen LogP) is 2.61. The standard InChI is InChI=1S/C15H17N5O2S/c1-12-6-8-20(9-7-12)23(21,22)15-4-2-13(3-5-15)18-19-14(10-16)11-17/h2-5,12,14H,6-9H2,1H3. The lowest BCUT2D eigenvalue weighted by atomic mass is 10.0. The molecule has 8 heteroatoms. The lowest BCUT2D eigenvalue weighted by Crippen LogP contribution is -2.37. The molecule has 0 aromatic heterocycles. The zero-order valence-corrected chi connectivity index (χ0v) is 13.6. The van der Waals surface area contributed by atoms with E-state index in [4.69, 9.17) is 10.5 Å². The minimum atomic E-state index is -3.49. The van der Waals surface area contributed by atoms with E-state index in [0.29, 0.717) is 24.7 Å². The van der Waals surface area contributed by atoms with Crippen LogP contribution in [0.5, 0.6) is 0 Å². The summed E-state index contributed by atoms with van der Waals surface area (Å²) in [6.07, 6.45) is 1.74. The van der Waals surface area contributed by atoms with E-state index in [-0.39, 0.29) is 4.90 Å². The fourth-order valence-electron chi connectivity index (χ4n) is 2.26. The number of azo groups is 1. The topological polar surface area (TPSA) is 110 Å². The summed E-state index contributed by atoms with van der Waals surface area (Å²) in [5, 5.41) is 24.5. The molecular formula is C15H17N5O2S. The normalized spacial score (nSPS) is 17.2. The largest absolute Gasteiger partial charge is 0.243 e. The number of nitriles is 2. The summed E-state index contributed by atoms with van der Waals surface area (Å²) in [6, 6.07) is 8.15. The van der Waals surface area contributed by atoms with Crippen LogP contribution in [0.25, 0.3) is 0 Å². The number of rotatable bonds is 4. The molecule has 0 spiro atoms. The van der Waals surface area contributed by atoms with Crippen LogP contribution >= 0.6 is 0 Å². The number of piperidine rings is 1. The van der Waals surface area contributed by atoms with Crippen molar-refractivity contribution in [2.45, 2.75) is 30.7 Å². The average Bonchev–Trinajstić information content (AvgIpc) is 2.56. The van der Waals surface area contributed by atoms with Gasteiger partial charge in [-0.15, -0.1) is 0 Å². The summed E-state index contributed by atoms with van der Waals surface area (Å²) in [4.78, 5) is 0.211. The van der Waals surface area contributed by atoms with Crippen molar-refractivity contribution in [1.82, 2.24) is 4.31 Å². The van der Waals surface area contributed by atoms with E-state index in [9.17, 15) is 8.42 Å². The molecule has 1 aromatic carbocycles. The van der Waals surface area contributed by atoms with Gasteiger partial charge in [0, 0.05) is 13.1 Å². The van der Waals surface area contributed by atoms with Crippen LogP contribution in [0, 0.1) is 28.6 Å². The zero-order valence-electron chi connectivity index (χ0n) is 12.8. The summed E-state index contributed by atoms with van der Waals surface area (Å²) in [5.41, 5.74) is 0.395. The molecule has 23 heavy (non-hydrogen) atoms. The van der Waals surface area contributed by atoms with Gasteiger partial charge in [-0.05, 0) is 43.0 Å². The molecule has 2 rings (SSSR count). The van der Waals surface area contributed by atoms with Gasteiger partial charge in [0.2, 0.25) is 16.1 Å². The Morgan fingerprint density at radius 3 is 2.26 bits per heavy atom. The Hall–Kier alpha value is -2.29. The Balaban J connectivity index is 2.13. The molecule has 1 heterocycles. The van der Waals surface area contributed by atoms with Crippen molar-refractivity contribution >= 4 is 15.7 Å². The number of benzene rings is 1. The summed E-state index contributed by atoms with van der Waals surface area (Å²) < 4.78 is 26.6. The van der Waals surface area contributed by atoms with Crippen molar-refractivity contribution in [3.05, 3.63) is 24.3 Å². The number of hydrogen-bond donors (Lipinski definition) is 0. The fourth-order valence-corrected chi connectivity index (χ4v) is 3.73. The van der Waals surface area contributed by atoms with Gasteiger partial charge in [-0.2, -0.15) is 25.1 Å². The third-order valence-corrected chi connectivity index (χ3v) is 5.66. The van der Waals surface area contributed by atoms with Crippen LogP contribution in [0.15, 0.2) is 39.4 Å². The molecule has 0 amide bonds. The molecule has 1 aliphatic rings. The van der Waals surface area contributed by atoms with Gasteiger partial charge in [0.05, 0.1) is 10.6 Å². The first-order valence-corrected chi connectivity index (χ1v) is 8.71. The average molecular weight is 331 g/mol. The Labute approximate surface area is 135 Å². The van der Waals surface area contributed by atoms with Crippen molar-refractivity contribution in [3.8, 4) is 12.1 Å². The van der Waals surface area contributed by atoms with Gasteiger partial charge in [0.15, 0.2) is 0 Å². The van der Waals surface area contributed by atoms with Crippen LogP contribution in [0.3, 0.4) is 0 Å². The monoisotopic (exact) mass is 331 g/mol. The lowest BCUT2D eigenvalue weighted by Gasteiger charge is -2.29. The van der Waals surface area contributed by atoms with Gasteiger partial charge in [0.1, 0.15) is 12.1 Å². The SMILES string of the molecule is CC1CCN(S(=O)(=O)c2ccc(N=NC(C#N)C#N)cc2)CC1. The quantitative estimate of drug-likeness (QED) is 0.790. The third kappa shape index (κ3) is 4.13. The van der Waals surface area contributed by atoms with Gasteiger partial charge in [-0.3, -0.25) is 0 Å². The second-order valence-corrected chi connectivity index (χ2v) is 7.39. The Morgan fingerprint density at radius 1 is 1.17 bits per heavy atom. The van der Waals surface area contributed by atoms with Crippen LogP contribution < -0.4 is 0 Å². The maximum atomic E-state index is 12.5. The van der Waals surface area contributed by atoms with E-state index >= 15 is 0 Å². The van der Waals surface area contributed by atoms with E-state index in [2.05, 4.69) is 17.2 Å². The smallest absolute Gasteiger partial charge is 0.207 e. The van der Waals surface area contributed by atoms with Crippen LogP contribution in [-0.2, 0) is 10.0 Å². The van der Waals surface area contributed by atoms with Gasteiger partial charge in [-0.25, -0.2) is 8.42 Å². The Bertz CT molecular complexity index is 737. The highest BCUT2D eigenvalue weighted by Gasteiger charge is 2.27. The molecule has 1 fully saturated rings. The van der Waals surface area contributed by atoms with E-state index in [1.165, 1.54) is 28.6 Å². The van der Waals surface area contributed by atoms with Crippen LogP contribution in [0.1, 0.15) is 19.8 Å². The van der Waals surface area contributed by atoms with Crippen LogP contribution in [0.4, 0.5) is 5.69 Å². The molecule has 0 unspecified atom stereocenters. The zero-order chi connectivity index (χ0) is 16.9. The molecular weight excluding hydrogens is 314 g/mol. The highest BCUT2D eigenvalue weighted by molar-refractivity contribution is 7.89. The van der Waals surface area contributed by atoms with Crippen molar-refractivity contribution in [2.75, 3.05) is 13.1 Å². The number of sulfonamides is 1. The minimum Gasteiger partial charge on any atom is -0.207 e. The van der Waals surface area contributed by atoms with Gasteiger partial charge < -0.3 is 0 Å². The first-order valence-electron chi connectivity index (χ1n) is 7.27. The predicted molar refractivity (Wildman–Crippen MR) is 83.1 cm³/mol. The van der Waals surface area contributed by atoms with Crippen molar-refractivity contribution in [3.63, 3.8) is 0 Å². The summed E-state index contributed by atoms with van der Waals surface area (Å²) in [5.74, 6) is 0.553. The lowest BCUT2D eigenvalue weighted by molar-refractivity contribution is 0.288. The highest BCUT2D eigenvalue weighted by atomic mass is 32.2. The Kier molecular flexibility index (Phi) is 5.43. The van der Waals surface area contributed by atoms with E-state index in [1.807, 2.05) is 0 Å². The molecule has 0 bridgehead atoms. The molecule has 0 aliphatic carbocycles. The number of nitrogens with zero attached hydrogens (tertiary/aromatic N) is 5. The van der Waals surface area contributed by atoms with Crippen molar-refractivity contribution in [1.29, 1.82) is 10.5 Å². The highest BCUT2D eigenvalue weighted by Crippen LogP contribution is 2.25. The van der Waals surface area contributed by atoms with Gasteiger partial charge in [0.25, 0.3) is 0 Å². The van der Waals surface area contributed by atoms with Gasteiger partial charge >= 0.3 is 0 Å². The fraction of sp³-hybridized carbons (Fsp3) is 0.467. The molecule has 1 aliphatic heterocycles. The summed E-state index contributed by atoms with van der Waals surface area (Å²) in [6.45, 7) is 3.20. The second kappa shape index (κ2) is 7.32. The maximum Gasteiger partial charge on any atom is 0.243 e. The first kappa shape index (κ1) is 17.1. The Morgan fingerprint density at radius 2 is 1.74 bits per heavy atom. The first-order chi connectivity index (χ1) is 11.0. The minimum absolute atomic E-state index is 0.211. The molecule has 0 atom stereocenters. The van der Waals surface area contributed by atoms with E-state index in [0.717, 1.165) is 12.8 Å². The summed E-state index contributed by atoms with van der Waals surface area (Å²) >= 11 is 0. The van der Waals surface area contributed by atoms with Crippen LogP contribution in [-0.4, -0.2) is 31.9 Å². The van der Waals surface area contributed by atoms with Crippen molar-refractivity contribution in [2.24, 2.45) is 16.1 Å². The maximum absolute atomic E-state index is 12.5. The van der Waals surface area contributed by atoms with Gasteiger partial charge in [-0.1, -0.05) is 6.92 Å². The van der Waals surface area contributed by atoms with Crippen LogP contribution in [0.2, 0.25) is 0 Å². The third-order valence-electron chi connectivity index (χ3n) is 3.75. The summed E-state index contributed by atoms with van der Waals surface area (Å²) in [7, 11) is -3.49. The molecule has 1 aromatic rings. The van der Waals surface area contributed by atoms with E-state index < -0.39 is 16.1 Å². The molecule has 0 N–H and O–H groups in total. The molecule has 120 valence electrons.